The zero-order valence-corrected chi connectivity index (χ0v) is 15.4. The fourth-order valence-corrected chi connectivity index (χ4v) is 4.36. The number of rotatable bonds is 4. The summed E-state index contributed by atoms with van der Waals surface area (Å²) < 4.78 is 0. The first-order valence-electron chi connectivity index (χ1n) is 8.31. The number of carbonyl (C=O) groups excluding carboxylic acids is 1. The number of carbonyl (C=O) groups is 2. The van der Waals surface area contributed by atoms with Crippen molar-refractivity contribution in [3.8, 4) is 11.3 Å². The lowest BCUT2D eigenvalue weighted by Crippen LogP contribution is -2.45. The molecule has 0 radical (unpaired) electrons. The summed E-state index contributed by atoms with van der Waals surface area (Å²) in [6.45, 7) is 5.60. The first-order valence-corrected chi connectivity index (χ1v) is 9.19. The van der Waals surface area contributed by atoms with Crippen LogP contribution in [-0.4, -0.2) is 22.0 Å². The van der Waals surface area contributed by atoms with Crippen LogP contribution < -0.4 is 5.32 Å². The van der Waals surface area contributed by atoms with Crippen LogP contribution in [0.15, 0.2) is 35.7 Å². The van der Waals surface area contributed by atoms with Crippen molar-refractivity contribution in [2.75, 3.05) is 5.32 Å². The van der Waals surface area contributed by atoms with E-state index in [4.69, 9.17) is 0 Å². The molecule has 2 N–H and O–H groups in total. The Morgan fingerprint density at radius 2 is 1.92 bits per heavy atom. The molecule has 2 aromatic rings. The number of carboxylic acids is 1. The quantitative estimate of drug-likeness (QED) is 0.855. The lowest BCUT2D eigenvalue weighted by atomic mass is 9.65. The van der Waals surface area contributed by atoms with Gasteiger partial charge in [0.1, 0.15) is 0 Å². The van der Waals surface area contributed by atoms with Crippen LogP contribution in [0.3, 0.4) is 0 Å². The third-order valence-electron chi connectivity index (χ3n) is 5.82. The first kappa shape index (κ1) is 17.6. The van der Waals surface area contributed by atoms with Gasteiger partial charge in [0.2, 0.25) is 5.91 Å². The molecule has 1 aliphatic rings. The molecular formula is C19H22N2O3S. The fourth-order valence-electron chi connectivity index (χ4n) is 3.65. The normalized spacial score (nSPS) is 24.8. The van der Waals surface area contributed by atoms with Crippen LogP contribution in [-0.2, 0) is 9.59 Å². The van der Waals surface area contributed by atoms with Crippen LogP contribution in [0.1, 0.15) is 33.6 Å². The molecule has 0 spiro atoms. The Morgan fingerprint density at radius 3 is 2.52 bits per heavy atom. The summed E-state index contributed by atoms with van der Waals surface area (Å²) in [7, 11) is 0. The second-order valence-corrected chi connectivity index (χ2v) is 8.20. The lowest BCUT2D eigenvalue weighted by molar-refractivity contribution is -0.147. The fraction of sp³-hybridized carbons (Fsp3) is 0.421. The van der Waals surface area contributed by atoms with Crippen molar-refractivity contribution < 1.29 is 14.7 Å². The standard InChI is InChI=1S/C19H22N2O3S/c1-18(2)13(15(22)23)9-10-19(18,3)16(24)21-17-20-14(11-25-17)12-7-5-4-6-8-12/h4-8,11,13H,9-10H2,1-3H3,(H,22,23)(H,20,21,24)/t13-,19-/m1/s1. The summed E-state index contributed by atoms with van der Waals surface area (Å²) in [6, 6.07) is 9.78. The highest BCUT2D eigenvalue weighted by atomic mass is 32.1. The van der Waals surface area contributed by atoms with Gasteiger partial charge in [-0.1, -0.05) is 51.1 Å². The molecule has 0 saturated heterocycles. The molecule has 1 aromatic carbocycles. The molecule has 2 atom stereocenters. The molecule has 1 saturated carbocycles. The average Bonchev–Trinajstić information content (AvgIpc) is 3.12. The van der Waals surface area contributed by atoms with Crippen LogP contribution in [0.5, 0.6) is 0 Å². The summed E-state index contributed by atoms with van der Waals surface area (Å²) >= 11 is 1.38. The van der Waals surface area contributed by atoms with Crippen LogP contribution in [0.4, 0.5) is 5.13 Å². The zero-order chi connectivity index (χ0) is 18.2. The largest absolute Gasteiger partial charge is 0.481 e. The average molecular weight is 358 g/mol. The molecule has 1 aliphatic carbocycles. The van der Waals surface area contributed by atoms with Gasteiger partial charge >= 0.3 is 5.97 Å². The van der Waals surface area contributed by atoms with Gasteiger partial charge in [0.15, 0.2) is 5.13 Å². The van der Waals surface area contributed by atoms with E-state index in [0.29, 0.717) is 18.0 Å². The third kappa shape index (κ3) is 2.95. The van der Waals surface area contributed by atoms with E-state index in [2.05, 4.69) is 10.3 Å². The Morgan fingerprint density at radius 1 is 1.24 bits per heavy atom. The van der Waals surface area contributed by atoms with E-state index in [1.807, 2.05) is 56.5 Å². The summed E-state index contributed by atoms with van der Waals surface area (Å²) in [5.41, 5.74) is 0.453. The molecule has 1 amide bonds. The number of hydrogen-bond donors (Lipinski definition) is 2. The Bertz CT molecular complexity index is 800. The van der Waals surface area contributed by atoms with Crippen LogP contribution >= 0.6 is 11.3 Å². The van der Waals surface area contributed by atoms with E-state index in [0.717, 1.165) is 11.3 Å². The predicted octanol–water partition coefficient (Wildman–Crippen LogP) is 4.28. The number of nitrogens with zero attached hydrogens (tertiary/aromatic N) is 1. The van der Waals surface area contributed by atoms with Gasteiger partial charge in [-0.05, 0) is 18.3 Å². The van der Waals surface area contributed by atoms with E-state index in [1.165, 1.54) is 11.3 Å². The Balaban J connectivity index is 1.79. The Hall–Kier alpha value is -2.21. The van der Waals surface area contributed by atoms with Crippen molar-refractivity contribution in [2.45, 2.75) is 33.6 Å². The van der Waals surface area contributed by atoms with Crippen molar-refractivity contribution in [1.29, 1.82) is 0 Å². The number of benzene rings is 1. The molecule has 132 valence electrons. The van der Waals surface area contributed by atoms with Gasteiger partial charge in [-0.2, -0.15) is 0 Å². The number of carboxylic acid groups (broad SMARTS) is 1. The molecule has 0 unspecified atom stereocenters. The molecule has 1 aromatic heterocycles. The van der Waals surface area contributed by atoms with E-state index in [9.17, 15) is 14.7 Å². The molecule has 0 bridgehead atoms. The van der Waals surface area contributed by atoms with Crippen molar-refractivity contribution in [3.63, 3.8) is 0 Å². The van der Waals surface area contributed by atoms with E-state index >= 15 is 0 Å². The number of aromatic nitrogens is 1. The minimum atomic E-state index is -0.831. The first-order chi connectivity index (χ1) is 11.8. The Labute approximate surface area is 151 Å². The van der Waals surface area contributed by atoms with Crippen molar-refractivity contribution >= 4 is 28.3 Å². The van der Waals surface area contributed by atoms with Gasteiger partial charge in [0, 0.05) is 10.9 Å². The summed E-state index contributed by atoms with van der Waals surface area (Å²) in [5, 5.41) is 14.8. The molecule has 6 heteroatoms. The number of anilines is 1. The van der Waals surface area contributed by atoms with Gasteiger partial charge < -0.3 is 10.4 Å². The Kier molecular flexibility index (Phi) is 4.41. The molecule has 0 aliphatic heterocycles. The molecule has 3 rings (SSSR count). The minimum absolute atomic E-state index is 0.157. The van der Waals surface area contributed by atoms with E-state index < -0.39 is 22.7 Å². The highest BCUT2D eigenvalue weighted by molar-refractivity contribution is 7.14. The second kappa shape index (κ2) is 6.26. The van der Waals surface area contributed by atoms with Gasteiger partial charge in [0.25, 0.3) is 0 Å². The SMILES string of the molecule is CC1(C)[C@@H](C(=O)O)CC[C@]1(C)C(=O)Nc1nc(-c2ccccc2)cs1. The minimum Gasteiger partial charge on any atom is -0.481 e. The topological polar surface area (TPSA) is 79.3 Å². The maximum Gasteiger partial charge on any atom is 0.307 e. The summed E-state index contributed by atoms with van der Waals surface area (Å²) in [6.07, 6.45) is 1.07. The molecule has 25 heavy (non-hydrogen) atoms. The number of thiazole rings is 1. The van der Waals surface area contributed by atoms with Crippen LogP contribution in [0.25, 0.3) is 11.3 Å². The number of amides is 1. The van der Waals surface area contributed by atoms with Crippen LogP contribution in [0, 0.1) is 16.7 Å². The maximum atomic E-state index is 12.9. The number of aliphatic carboxylic acids is 1. The maximum absolute atomic E-state index is 12.9. The highest BCUT2D eigenvalue weighted by Crippen LogP contribution is 2.56. The smallest absolute Gasteiger partial charge is 0.307 e. The lowest BCUT2D eigenvalue weighted by Gasteiger charge is -2.38. The van der Waals surface area contributed by atoms with E-state index in [-0.39, 0.29) is 5.91 Å². The van der Waals surface area contributed by atoms with Gasteiger partial charge in [0.05, 0.1) is 17.0 Å². The molecule has 1 heterocycles. The van der Waals surface area contributed by atoms with Gasteiger partial charge in [-0.15, -0.1) is 11.3 Å². The summed E-state index contributed by atoms with van der Waals surface area (Å²) in [5.74, 6) is -1.50. The van der Waals surface area contributed by atoms with Gasteiger partial charge in [-0.25, -0.2) is 4.98 Å². The number of nitrogens with one attached hydrogen (secondary N) is 1. The van der Waals surface area contributed by atoms with Gasteiger partial charge in [-0.3, -0.25) is 9.59 Å². The third-order valence-corrected chi connectivity index (χ3v) is 6.58. The molecule has 1 fully saturated rings. The van der Waals surface area contributed by atoms with Crippen molar-refractivity contribution in [3.05, 3.63) is 35.7 Å². The monoisotopic (exact) mass is 358 g/mol. The molecular weight excluding hydrogens is 336 g/mol. The van der Waals surface area contributed by atoms with Crippen LogP contribution in [0.2, 0.25) is 0 Å². The number of hydrogen-bond acceptors (Lipinski definition) is 4. The van der Waals surface area contributed by atoms with Crippen molar-refractivity contribution in [1.82, 2.24) is 4.98 Å². The predicted molar refractivity (Wildman–Crippen MR) is 98.4 cm³/mol. The molecule has 5 nitrogen and oxygen atoms in total. The second-order valence-electron chi connectivity index (χ2n) is 7.34. The highest BCUT2D eigenvalue weighted by Gasteiger charge is 2.58. The summed E-state index contributed by atoms with van der Waals surface area (Å²) in [4.78, 5) is 28.9. The van der Waals surface area contributed by atoms with E-state index in [1.54, 1.807) is 0 Å². The van der Waals surface area contributed by atoms with Crippen molar-refractivity contribution in [2.24, 2.45) is 16.7 Å². The zero-order valence-electron chi connectivity index (χ0n) is 14.6.